The van der Waals surface area contributed by atoms with Gasteiger partial charge >= 0.3 is 0 Å². The SMILES string of the molecule is CCc1nnc(NC(=O)c2cc3cc(Br)ccc3[nH]2)s1. The minimum absolute atomic E-state index is 0.212. The first kappa shape index (κ1) is 13.3. The molecule has 2 N–H and O–H groups in total. The summed E-state index contributed by atoms with van der Waals surface area (Å²) in [5.74, 6) is -0.212. The molecule has 1 amide bonds. The lowest BCUT2D eigenvalue weighted by Gasteiger charge is -1.96. The van der Waals surface area contributed by atoms with Gasteiger partial charge in [-0.15, -0.1) is 10.2 Å². The molecule has 20 heavy (non-hydrogen) atoms. The second-order valence-corrected chi connectivity index (χ2v) is 6.20. The number of fused-ring (bicyclic) bond motifs is 1. The molecule has 7 heteroatoms. The molecule has 0 fully saturated rings. The van der Waals surface area contributed by atoms with Crippen LogP contribution in [0, 0.1) is 0 Å². The van der Waals surface area contributed by atoms with Crippen LogP contribution in [0.4, 0.5) is 5.13 Å². The third-order valence-electron chi connectivity index (χ3n) is 2.82. The van der Waals surface area contributed by atoms with E-state index in [9.17, 15) is 4.79 Å². The molecule has 0 radical (unpaired) electrons. The van der Waals surface area contributed by atoms with Gasteiger partial charge < -0.3 is 4.98 Å². The molecule has 0 bridgehead atoms. The van der Waals surface area contributed by atoms with Gasteiger partial charge in [0.25, 0.3) is 5.91 Å². The highest BCUT2D eigenvalue weighted by atomic mass is 79.9. The average Bonchev–Trinajstić information content (AvgIpc) is 3.04. The molecular weight excluding hydrogens is 340 g/mol. The Balaban J connectivity index is 1.84. The summed E-state index contributed by atoms with van der Waals surface area (Å²) in [6, 6.07) is 7.63. The Morgan fingerprint density at radius 2 is 2.25 bits per heavy atom. The minimum atomic E-state index is -0.212. The smallest absolute Gasteiger partial charge is 0.273 e. The van der Waals surface area contributed by atoms with E-state index in [0.29, 0.717) is 10.8 Å². The summed E-state index contributed by atoms with van der Waals surface area (Å²) in [4.78, 5) is 15.2. The predicted molar refractivity (Wildman–Crippen MR) is 83.2 cm³/mol. The van der Waals surface area contributed by atoms with E-state index in [1.807, 2.05) is 31.2 Å². The Kier molecular flexibility index (Phi) is 3.54. The first-order valence-electron chi connectivity index (χ1n) is 6.07. The monoisotopic (exact) mass is 350 g/mol. The van der Waals surface area contributed by atoms with Crippen LogP contribution in [0.25, 0.3) is 10.9 Å². The minimum Gasteiger partial charge on any atom is -0.351 e. The van der Waals surface area contributed by atoms with Crippen molar-refractivity contribution < 1.29 is 4.79 Å². The van der Waals surface area contributed by atoms with Gasteiger partial charge in [0.2, 0.25) is 5.13 Å². The Hall–Kier alpha value is -1.73. The largest absolute Gasteiger partial charge is 0.351 e. The average molecular weight is 351 g/mol. The van der Waals surface area contributed by atoms with Gasteiger partial charge in [0.15, 0.2) is 0 Å². The summed E-state index contributed by atoms with van der Waals surface area (Å²) in [5, 5.41) is 13.1. The number of H-pyrrole nitrogens is 1. The molecule has 0 saturated carbocycles. The van der Waals surface area contributed by atoms with Gasteiger partial charge in [0, 0.05) is 15.4 Å². The maximum atomic E-state index is 12.2. The van der Waals surface area contributed by atoms with Crippen LogP contribution in [0.3, 0.4) is 0 Å². The standard InChI is InChI=1S/C13H11BrN4OS/c1-2-11-17-18-13(20-11)16-12(19)10-6-7-5-8(14)3-4-9(7)15-10/h3-6,15H,2H2,1H3,(H,16,18,19). The number of anilines is 1. The number of hydrogen-bond acceptors (Lipinski definition) is 4. The maximum absolute atomic E-state index is 12.2. The zero-order valence-corrected chi connectivity index (χ0v) is 13.0. The third kappa shape index (κ3) is 2.59. The Bertz CT molecular complexity index is 780. The maximum Gasteiger partial charge on any atom is 0.273 e. The van der Waals surface area contributed by atoms with Gasteiger partial charge in [-0.05, 0) is 30.7 Å². The van der Waals surface area contributed by atoms with Crippen molar-refractivity contribution in [2.24, 2.45) is 0 Å². The molecule has 0 aliphatic heterocycles. The van der Waals surface area contributed by atoms with Gasteiger partial charge in [-0.25, -0.2) is 0 Å². The van der Waals surface area contributed by atoms with Crippen LogP contribution in [-0.4, -0.2) is 21.1 Å². The fourth-order valence-corrected chi connectivity index (χ4v) is 2.89. The van der Waals surface area contributed by atoms with Crippen molar-refractivity contribution in [3.05, 3.63) is 39.4 Å². The zero-order valence-electron chi connectivity index (χ0n) is 10.6. The molecule has 102 valence electrons. The second kappa shape index (κ2) is 5.34. The number of carbonyl (C=O) groups excluding carboxylic acids is 1. The summed E-state index contributed by atoms with van der Waals surface area (Å²) < 4.78 is 0.979. The summed E-state index contributed by atoms with van der Waals surface area (Å²) >= 11 is 4.80. The Morgan fingerprint density at radius 1 is 1.40 bits per heavy atom. The number of aromatic nitrogens is 3. The van der Waals surface area contributed by atoms with Crippen LogP contribution in [0.1, 0.15) is 22.4 Å². The highest BCUT2D eigenvalue weighted by Gasteiger charge is 2.12. The number of halogens is 1. The molecule has 5 nitrogen and oxygen atoms in total. The number of carbonyl (C=O) groups is 1. The quantitative estimate of drug-likeness (QED) is 0.758. The van der Waals surface area contributed by atoms with Gasteiger partial charge in [-0.3, -0.25) is 10.1 Å². The lowest BCUT2D eigenvalue weighted by atomic mass is 10.2. The molecule has 0 unspecified atom stereocenters. The topological polar surface area (TPSA) is 70.7 Å². The molecule has 0 saturated heterocycles. The fourth-order valence-electron chi connectivity index (χ4n) is 1.84. The van der Waals surface area contributed by atoms with Crippen LogP contribution in [0.2, 0.25) is 0 Å². The van der Waals surface area contributed by atoms with Gasteiger partial charge in [-0.1, -0.05) is 34.2 Å². The van der Waals surface area contributed by atoms with Crippen LogP contribution in [-0.2, 0) is 6.42 Å². The van der Waals surface area contributed by atoms with Crippen molar-refractivity contribution in [1.82, 2.24) is 15.2 Å². The number of amides is 1. The van der Waals surface area contributed by atoms with Crippen molar-refractivity contribution in [2.75, 3.05) is 5.32 Å². The van der Waals surface area contributed by atoms with E-state index in [1.165, 1.54) is 11.3 Å². The Morgan fingerprint density at radius 3 is 3.00 bits per heavy atom. The van der Waals surface area contributed by atoms with Gasteiger partial charge in [0.1, 0.15) is 10.7 Å². The van der Waals surface area contributed by atoms with Gasteiger partial charge in [-0.2, -0.15) is 0 Å². The molecule has 1 aromatic carbocycles. The highest BCUT2D eigenvalue weighted by Crippen LogP contribution is 2.22. The normalized spacial score (nSPS) is 10.9. The second-order valence-electron chi connectivity index (χ2n) is 4.22. The predicted octanol–water partition coefficient (Wildman–Crippen LogP) is 3.60. The Labute approximate surface area is 127 Å². The molecule has 0 spiro atoms. The molecule has 0 aliphatic rings. The third-order valence-corrected chi connectivity index (χ3v) is 4.29. The zero-order chi connectivity index (χ0) is 14.1. The molecule has 3 rings (SSSR count). The summed E-state index contributed by atoms with van der Waals surface area (Å²) in [6.45, 7) is 2.00. The number of hydrogen-bond donors (Lipinski definition) is 2. The van der Waals surface area contributed by atoms with E-state index >= 15 is 0 Å². The number of benzene rings is 1. The lowest BCUT2D eigenvalue weighted by Crippen LogP contribution is -2.11. The number of nitrogens with zero attached hydrogens (tertiary/aromatic N) is 2. The molecule has 0 atom stereocenters. The molecular formula is C13H11BrN4OS. The molecule has 2 aromatic heterocycles. The lowest BCUT2D eigenvalue weighted by molar-refractivity contribution is 0.102. The van der Waals surface area contributed by atoms with E-state index < -0.39 is 0 Å². The number of aryl methyl sites for hydroxylation is 1. The first-order chi connectivity index (χ1) is 9.65. The van der Waals surface area contributed by atoms with E-state index in [2.05, 4.69) is 36.4 Å². The number of rotatable bonds is 3. The molecule has 0 aliphatic carbocycles. The van der Waals surface area contributed by atoms with Crippen molar-refractivity contribution in [1.29, 1.82) is 0 Å². The number of nitrogens with one attached hydrogen (secondary N) is 2. The number of aromatic amines is 1. The van der Waals surface area contributed by atoms with Crippen molar-refractivity contribution in [3.8, 4) is 0 Å². The van der Waals surface area contributed by atoms with E-state index in [-0.39, 0.29) is 5.91 Å². The van der Waals surface area contributed by atoms with Gasteiger partial charge in [0.05, 0.1) is 0 Å². The summed E-state index contributed by atoms with van der Waals surface area (Å²) in [5.41, 5.74) is 1.43. The van der Waals surface area contributed by atoms with Crippen LogP contribution in [0.15, 0.2) is 28.7 Å². The summed E-state index contributed by atoms with van der Waals surface area (Å²) in [6.07, 6.45) is 0.813. The van der Waals surface area contributed by atoms with Crippen molar-refractivity contribution >= 4 is 49.2 Å². The van der Waals surface area contributed by atoms with Crippen molar-refractivity contribution in [3.63, 3.8) is 0 Å². The summed E-state index contributed by atoms with van der Waals surface area (Å²) in [7, 11) is 0. The van der Waals surface area contributed by atoms with E-state index in [1.54, 1.807) is 0 Å². The molecule has 3 aromatic rings. The van der Waals surface area contributed by atoms with E-state index in [0.717, 1.165) is 26.8 Å². The van der Waals surface area contributed by atoms with Crippen LogP contribution >= 0.6 is 27.3 Å². The van der Waals surface area contributed by atoms with E-state index in [4.69, 9.17) is 0 Å². The van der Waals surface area contributed by atoms with Crippen LogP contribution in [0.5, 0.6) is 0 Å². The van der Waals surface area contributed by atoms with Crippen LogP contribution < -0.4 is 5.32 Å². The molecule has 2 heterocycles. The highest BCUT2D eigenvalue weighted by molar-refractivity contribution is 9.10. The fraction of sp³-hybridized carbons (Fsp3) is 0.154. The first-order valence-corrected chi connectivity index (χ1v) is 7.68. The van der Waals surface area contributed by atoms with Crippen molar-refractivity contribution in [2.45, 2.75) is 13.3 Å².